The SMILES string of the molecule is CNC1CCCCCCCCCCC1SCCOC. The molecule has 0 spiro atoms. The summed E-state index contributed by atoms with van der Waals surface area (Å²) in [6, 6.07) is 0.696. The van der Waals surface area contributed by atoms with Gasteiger partial charge in [-0.2, -0.15) is 11.8 Å². The van der Waals surface area contributed by atoms with Gasteiger partial charge < -0.3 is 10.1 Å². The van der Waals surface area contributed by atoms with E-state index in [1.807, 2.05) is 0 Å². The minimum absolute atomic E-state index is 0.696. The van der Waals surface area contributed by atoms with Crippen LogP contribution in [0.1, 0.15) is 64.2 Å². The van der Waals surface area contributed by atoms with Crippen LogP contribution in [-0.2, 0) is 4.74 Å². The third kappa shape index (κ3) is 8.21. The Morgan fingerprint density at radius 3 is 2.11 bits per heavy atom. The lowest BCUT2D eigenvalue weighted by Gasteiger charge is -2.27. The largest absolute Gasteiger partial charge is 0.384 e. The zero-order valence-electron chi connectivity index (χ0n) is 13.0. The van der Waals surface area contributed by atoms with Gasteiger partial charge >= 0.3 is 0 Å². The monoisotopic (exact) mass is 287 g/mol. The van der Waals surface area contributed by atoms with Crippen LogP contribution < -0.4 is 5.32 Å². The van der Waals surface area contributed by atoms with Crippen molar-refractivity contribution in [1.29, 1.82) is 0 Å². The third-order valence-corrected chi connectivity index (χ3v) is 5.59. The molecule has 0 aromatic carbocycles. The second-order valence-corrected chi connectivity index (χ2v) is 7.05. The van der Waals surface area contributed by atoms with Crippen molar-refractivity contribution >= 4 is 11.8 Å². The molecule has 114 valence electrons. The molecule has 1 rings (SSSR count). The smallest absolute Gasteiger partial charge is 0.0553 e. The first-order chi connectivity index (χ1) is 9.38. The summed E-state index contributed by atoms with van der Waals surface area (Å²) in [6.07, 6.45) is 14.2. The highest BCUT2D eigenvalue weighted by atomic mass is 32.2. The highest BCUT2D eigenvalue weighted by Crippen LogP contribution is 2.25. The van der Waals surface area contributed by atoms with E-state index in [0.29, 0.717) is 6.04 Å². The minimum atomic E-state index is 0.696. The third-order valence-electron chi connectivity index (χ3n) is 4.19. The maximum absolute atomic E-state index is 5.20. The fraction of sp³-hybridized carbons (Fsp3) is 1.00. The molecule has 2 nitrogen and oxygen atoms in total. The number of rotatable bonds is 5. The van der Waals surface area contributed by atoms with E-state index >= 15 is 0 Å². The second-order valence-electron chi connectivity index (χ2n) is 5.70. The Bertz CT molecular complexity index is 201. The summed E-state index contributed by atoms with van der Waals surface area (Å²) in [5.41, 5.74) is 0. The summed E-state index contributed by atoms with van der Waals surface area (Å²) in [4.78, 5) is 0. The van der Waals surface area contributed by atoms with Crippen molar-refractivity contribution in [2.75, 3.05) is 26.5 Å². The molecule has 0 radical (unpaired) electrons. The summed E-state index contributed by atoms with van der Waals surface area (Å²) < 4.78 is 5.20. The van der Waals surface area contributed by atoms with E-state index in [9.17, 15) is 0 Å². The van der Waals surface area contributed by atoms with E-state index in [-0.39, 0.29) is 0 Å². The van der Waals surface area contributed by atoms with Crippen LogP contribution in [0, 0.1) is 0 Å². The lowest BCUT2D eigenvalue weighted by atomic mass is 9.97. The van der Waals surface area contributed by atoms with Crippen LogP contribution in [0.15, 0.2) is 0 Å². The molecule has 1 saturated carbocycles. The number of nitrogens with one attached hydrogen (secondary N) is 1. The number of ether oxygens (including phenoxy) is 1. The molecule has 2 atom stereocenters. The fourth-order valence-electron chi connectivity index (χ4n) is 2.97. The lowest BCUT2D eigenvalue weighted by Crippen LogP contribution is -2.36. The van der Waals surface area contributed by atoms with Crippen molar-refractivity contribution in [3.8, 4) is 0 Å². The standard InChI is InChI=1S/C16H33NOS/c1-17-15-11-9-7-5-3-4-6-8-10-12-16(15)19-14-13-18-2/h15-17H,3-14H2,1-2H3. The molecule has 0 aromatic rings. The zero-order valence-corrected chi connectivity index (χ0v) is 13.8. The molecule has 0 heterocycles. The molecule has 1 fully saturated rings. The highest BCUT2D eigenvalue weighted by molar-refractivity contribution is 7.99. The predicted octanol–water partition coefficient (Wildman–Crippen LogP) is 4.24. The number of hydrogen-bond donors (Lipinski definition) is 1. The van der Waals surface area contributed by atoms with Gasteiger partial charge in [-0.1, -0.05) is 51.4 Å². The summed E-state index contributed by atoms with van der Waals surface area (Å²) in [7, 11) is 3.94. The van der Waals surface area contributed by atoms with Crippen molar-refractivity contribution < 1.29 is 4.74 Å². The maximum Gasteiger partial charge on any atom is 0.0553 e. The molecule has 3 heteroatoms. The Kier molecular flexibility index (Phi) is 11.0. The van der Waals surface area contributed by atoms with Crippen molar-refractivity contribution in [2.24, 2.45) is 0 Å². The van der Waals surface area contributed by atoms with Gasteiger partial charge in [0.05, 0.1) is 6.61 Å². The molecular weight excluding hydrogens is 254 g/mol. The number of hydrogen-bond acceptors (Lipinski definition) is 3. The first-order valence-electron chi connectivity index (χ1n) is 8.16. The molecule has 0 saturated heterocycles. The first kappa shape index (κ1) is 17.3. The molecule has 0 bridgehead atoms. The van der Waals surface area contributed by atoms with Gasteiger partial charge in [0.25, 0.3) is 0 Å². The summed E-state index contributed by atoms with van der Waals surface area (Å²) in [5, 5.41) is 4.35. The van der Waals surface area contributed by atoms with Gasteiger partial charge in [0.1, 0.15) is 0 Å². The molecule has 0 amide bonds. The van der Waals surface area contributed by atoms with Crippen LogP contribution in [0.25, 0.3) is 0 Å². The van der Waals surface area contributed by atoms with E-state index in [4.69, 9.17) is 4.74 Å². The normalized spacial score (nSPS) is 27.5. The zero-order chi connectivity index (χ0) is 13.8. The van der Waals surface area contributed by atoms with E-state index < -0.39 is 0 Å². The van der Waals surface area contributed by atoms with Gasteiger partial charge in [0.15, 0.2) is 0 Å². The average Bonchev–Trinajstić information content (AvgIpc) is 2.41. The van der Waals surface area contributed by atoms with E-state index in [0.717, 1.165) is 17.6 Å². The van der Waals surface area contributed by atoms with Gasteiger partial charge in [-0.3, -0.25) is 0 Å². The highest BCUT2D eigenvalue weighted by Gasteiger charge is 2.20. The van der Waals surface area contributed by atoms with Crippen molar-refractivity contribution in [3.63, 3.8) is 0 Å². The first-order valence-corrected chi connectivity index (χ1v) is 9.21. The van der Waals surface area contributed by atoms with E-state index in [1.165, 1.54) is 64.2 Å². The molecule has 1 N–H and O–H groups in total. The molecule has 2 unspecified atom stereocenters. The Labute approximate surface area is 124 Å². The Morgan fingerprint density at radius 2 is 1.53 bits per heavy atom. The topological polar surface area (TPSA) is 21.3 Å². The fourth-order valence-corrected chi connectivity index (χ4v) is 4.37. The van der Waals surface area contributed by atoms with Gasteiger partial charge in [-0.05, 0) is 19.9 Å². The number of thioether (sulfide) groups is 1. The van der Waals surface area contributed by atoms with Crippen LogP contribution in [0.5, 0.6) is 0 Å². The molecule has 1 aliphatic rings. The summed E-state index contributed by atoms with van der Waals surface area (Å²) in [5.74, 6) is 1.14. The van der Waals surface area contributed by atoms with Crippen molar-refractivity contribution in [2.45, 2.75) is 75.5 Å². The van der Waals surface area contributed by atoms with Crippen LogP contribution >= 0.6 is 11.8 Å². The quantitative estimate of drug-likeness (QED) is 0.764. The second kappa shape index (κ2) is 12.0. The predicted molar refractivity (Wildman–Crippen MR) is 87.1 cm³/mol. The molecule has 0 aliphatic heterocycles. The maximum atomic E-state index is 5.20. The van der Waals surface area contributed by atoms with Gasteiger partial charge in [0.2, 0.25) is 0 Å². The van der Waals surface area contributed by atoms with Gasteiger partial charge in [-0.15, -0.1) is 0 Å². The molecule has 19 heavy (non-hydrogen) atoms. The van der Waals surface area contributed by atoms with Crippen LogP contribution in [-0.4, -0.2) is 37.8 Å². The molecular formula is C16H33NOS. The average molecular weight is 288 g/mol. The Hall–Kier alpha value is 0.270. The van der Waals surface area contributed by atoms with Crippen LogP contribution in [0.2, 0.25) is 0 Å². The lowest BCUT2D eigenvalue weighted by molar-refractivity contribution is 0.218. The van der Waals surface area contributed by atoms with Crippen LogP contribution in [0.4, 0.5) is 0 Å². The van der Waals surface area contributed by atoms with Crippen LogP contribution in [0.3, 0.4) is 0 Å². The number of methoxy groups -OCH3 is 1. The molecule has 0 aromatic heterocycles. The summed E-state index contributed by atoms with van der Waals surface area (Å²) in [6.45, 7) is 0.887. The van der Waals surface area contributed by atoms with E-state index in [2.05, 4.69) is 24.1 Å². The van der Waals surface area contributed by atoms with Gasteiger partial charge in [-0.25, -0.2) is 0 Å². The summed E-state index contributed by atoms with van der Waals surface area (Å²) >= 11 is 2.12. The minimum Gasteiger partial charge on any atom is -0.384 e. The van der Waals surface area contributed by atoms with Crippen molar-refractivity contribution in [3.05, 3.63) is 0 Å². The Morgan fingerprint density at radius 1 is 0.947 bits per heavy atom. The van der Waals surface area contributed by atoms with Crippen molar-refractivity contribution in [1.82, 2.24) is 5.32 Å². The molecule has 1 aliphatic carbocycles. The van der Waals surface area contributed by atoms with E-state index in [1.54, 1.807) is 7.11 Å². The Balaban J connectivity index is 2.41. The van der Waals surface area contributed by atoms with Gasteiger partial charge in [0, 0.05) is 24.2 Å².